The number of fused-ring (bicyclic) bond motifs is 3. The second-order valence-corrected chi connectivity index (χ2v) is 6.44. The zero-order valence-electron chi connectivity index (χ0n) is 15.3. The van der Waals surface area contributed by atoms with Gasteiger partial charge in [-0.2, -0.15) is 0 Å². The maximum Gasteiger partial charge on any atom is 0.276 e. The summed E-state index contributed by atoms with van der Waals surface area (Å²) in [7, 11) is 0. The molecule has 4 aromatic rings. The predicted molar refractivity (Wildman–Crippen MR) is 106 cm³/mol. The van der Waals surface area contributed by atoms with Crippen LogP contribution >= 0.6 is 0 Å². The van der Waals surface area contributed by atoms with Gasteiger partial charge in [0, 0.05) is 10.9 Å². The molecule has 0 aliphatic rings. The Bertz CT molecular complexity index is 1180. The lowest BCUT2D eigenvalue weighted by Gasteiger charge is -2.09. The Kier molecular flexibility index (Phi) is 5.11. The number of hydrogen-bond acceptors (Lipinski definition) is 4. The van der Waals surface area contributed by atoms with Crippen LogP contribution in [0.2, 0.25) is 0 Å². The maximum absolute atomic E-state index is 12.8. The number of hydrazine groups is 1. The van der Waals surface area contributed by atoms with Crippen molar-refractivity contribution >= 4 is 33.6 Å². The zero-order chi connectivity index (χ0) is 20.2. The van der Waals surface area contributed by atoms with Crippen LogP contribution in [0.25, 0.3) is 21.7 Å². The quantitative estimate of drug-likeness (QED) is 0.510. The van der Waals surface area contributed by atoms with Gasteiger partial charge in [-0.15, -0.1) is 0 Å². The number of carbonyl (C=O) groups is 2. The highest BCUT2D eigenvalue weighted by Crippen LogP contribution is 2.30. The van der Waals surface area contributed by atoms with Crippen LogP contribution in [0.1, 0.15) is 5.56 Å². The number of nitrogens with one attached hydrogen (secondary N) is 2. The molecular formula is C22H17FN2O4. The van der Waals surface area contributed by atoms with Gasteiger partial charge in [0.2, 0.25) is 5.91 Å². The van der Waals surface area contributed by atoms with Gasteiger partial charge in [0.25, 0.3) is 5.91 Å². The van der Waals surface area contributed by atoms with Crippen molar-refractivity contribution in [3.05, 3.63) is 78.3 Å². The van der Waals surface area contributed by atoms with Crippen LogP contribution in [-0.2, 0) is 16.0 Å². The molecule has 0 spiro atoms. The summed E-state index contributed by atoms with van der Waals surface area (Å²) in [4.78, 5) is 24.1. The van der Waals surface area contributed by atoms with Crippen LogP contribution in [0.4, 0.5) is 4.39 Å². The fourth-order valence-corrected chi connectivity index (χ4v) is 3.08. The first kappa shape index (κ1) is 18.5. The van der Waals surface area contributed by atoms with E-state index in [-0.39, 0.29) is 13.0 Å². The molecule has 0 aliphatic heterocycles. The van der Waals surface area contributed by atoms with E-state index in [1.54, 1.807) is 6.26 Å². The molecule has 6 nitrogen and oxygen atoms in total. The summed E-state index contributed by atoms with van der Waals surface area (Å²) in [6.45, 7) is -0.314. The van der Waals surface area contributed by atoms with Crippen LogP contribution < -0.4 is 15.6 Å². The molecule has 1 heterocycles. The minimum absolute atomic E-state index is 0.0418. The summed E-state index contributed by atoms with van der Waals surface area (Å²) in [5.41, 5.74) is 6.08. The van der Waals surface area contributed by atoms with Gasteiger partial charge >= 0.3 is 0 Å². The van der Waals surface area contributed by atoms with Crippen molar-refractivity contribution in [2.75, 3.05) is 6.61 Å². The van der Waals surface area contributed by atoms with Crippen LogP contribution in [0.3, 0.4) is 0 Å². The molecule has 0 unspecified atom stereocenters. The van der Waals surface area contributed by atoms with E-state index in [1.165, 1.54) is 24.3 Å². The molecule has 0 atom stereocenters. The Hall–Kier alpha value is -3.87. The van der Waals surface area contributed by atoms with E-state index in [0.29, 0.717) is 11.3 Å². The van der Waals surface area contributed by atoms with Gasteiger partial charge in [0.05, 0.1) is 12.7 Å². The van der Waals surface area contributed by atoms with Crippen molar-refractivity contribution in [3.8, 4) is 5.75 Å². The minimum atomic E-state index is -0.537. The molecular weight excluding hydrogens is 375 g/mol. The molecule has 0 radical (unpaired) electrons. The van der Waals surface area contributed by atoms with Gasteiger partial charge < -0.3 is 9.15 Å². The fourth-order valence-electron chi connectivity index (χ4n) is 3.08. The highest BCUT2D eigenvalue weighted by Gasteiger charge is 2.14. The first-order valence-corrected chi connectivity index (χ1v) is 8.94. The summed E-state index contributed by atoms with van der Waals surface area (Å²) >= 11 is 0. The lowest BCUT2D eigenvalue weighted by Crippen LogP contribution is -2.44. The Labute approximate surface area is 165 Å². The monoisotopic (exact) mass is 392 g/mol. The van der Waals surface area contributed by atoms with Crippen LogP contribution in [0, 0.1) is 5.82 Å². The molecule has 0 fully saturated rings. The highest BCUT2D eigenvalue weighted by atomic mass is 19.1. The molecule has 0 saturated carbocycles. The molecule has 2 amide bonds. The summed E-state index contributed by atoms with van der Waals surface area (Å²) in [5, 5.41) is 2.93. The molecule has 0 aliphatic carbocycles. The summed E-state index contributed by atoms with van der Waals surface area (Å²) in [5.74, 6) is -0.973. The second-order valence-electron chi connectivity index (χ2n) is 6.44. The van der Waals surface area contributed by atoms with E-state index < -0.39 is 17.6 Å². The molecule has 1 aromatic heterocycles. The van der Waals surface area contributed by atoms with Gasteiger partial charge in [-0.1, -0.05) is 30.3 Å². The van der Waals surface area contributed by atoms with Crippen molar-refractivity contribution in [2.45, 2.75) is 6.42 Å². The van der Waals surface area contributed by atoms with Gasteiger partial charge in [-0.3, -0.25) is 20.4 Å². The number of amides is 2. The van der Waals surface area contributed by atoms with Gasteiger partial charge in [0.1, 0.15) is 17.1 Å². The van der Waals surface area contributed by atoms with Crippen LogP contribution in [0.15, 0.2) is 71.3 Å². The van der Waals surface area contributed by atoms with Crippen molar-refractivity contribution in [1.29, 1.82) is 0 Å². The first-order chi connectivity index (χ1) is 14.1. The average molecular weight is 392 g/mol. The summed E-state index contributed by atoms with van der Waals surface area (Å²) in [6, 6.07) is 17.0. The third-order valence-electron chi connectivity index (χ3n) is 4.42. The summed E-state index contributed by atoms with van der Waals surface area (Å²) in [6.07, 6.45) is 1.59. The van der Waals surface area contributed by atoms with Gasteiger partial charge in [0.15, 0.2) is 6.61 Å². The number of ether oxygens (including phenoxy) is 1. The molecule has 29 heavy (non-hydrogen) atoms. The summed E-state index contributed by atoms with van der Waals surface area (Å²) < 4.78 is 23.6. The number of benzene rings is 3. The van der Waals surface area contributed by atoms with Crippen molar-refractivity contribution in [2.24, 2.45) is 0 Å². The van der Waals surface area contributed by atoms with Crippen molar-refractivity contribution < 1.29 is 23.1 Å². The Balaban J connectivity index is 1.35. The van der Waals surface area contributed by atoms with E-state index in [4.69, 9.17) is 9.15 Å². The fraction of sp³-hybridized carbons (Fsp3) is 0.0909. The standard InChI is InChI=1S/C22H17FN2O4/c23-16-6-8-17(9-7-16)28-13-21(27)25-24-20(26)11-15-12-29-19-10-5-14-3-1-2-4-18(14)22(15)19/h1-10,12H,11,13H2,(H,24,26)(H,25,27). The lowest BCUT2D eigenvalue weighted by molar-refractivity contribution is -0.129. The molecule has 3 aromatic carbocycles. The highest BCUT2D eigenvalue weighted by molar-refractivity contribution is 6.08. The van der Waals surface area contributed by atoms with Crippen molar-refractivity contribution in [1.82, 2.24) is 10.9 Å². The van der Waals surface area contributed by atoms with Crippen LogP contribution in [-0.4, -0.2) is 18.4 Å². The molecule has 0 saturated heterocycles. The number of rotatable bonds is 5. The first-order valence-electron chi connectivity index (χ1n) is 8.94. The topological polar surface area (TPSA) is 80.6 Å². The Morgan fingerprint density at radius 2 is 1.69 bits per heavy atom. The number of hydrogen-bond donors (Lipinski definition) is 2. The third-order valence-corrected chi connectivity index (χ3v) is 4.42. The SMILES string of the molecule is O=C(COc1ccc(F)cc1)NNC(=O)Cc1coc2ccc3ccccc3c12. The average Bonchev–Trinajstić information content (AvgIpc) is 3.15. The second kappa shape index (κ2) is 8.02. The molecule has 4 rings (SSSR count). The predicted octanol–water partition coefficient (Wildman–Crippen LogP) is 3.49. The maximum atomic E-state index is 12.8. The minimum Gasteiger partial charge on any atom is -0.484 e. The van der Waals surface area contributed by atoms with Gasteiger partial charge in [-0.05, 0) is 41.1 Å². The number of carbonyl (C=O) groups excluding carboxylic acids is 2. The van der Waals surface area contributed by atoms with E-state index in [2.05, 4.69) is 10.9 Å². The van der Waals surface area contributed by atoms with E-state index >= 15 is 0 Å². The smallest absolute Gasteiger partial charge is 0.276 e. The van der Waals surface area contributed by atoms with E-state index in [0.717, 1.165) is 21.7 Å². The number of furan rings is 1. The van der Waals surface area contributed by atoms with E-state index in [9.17, 15) is 14.0 Å². The van der Waals surface area contributed by atoms with Gasteiger partial charge in [-0.25, -0.2) is 4.39 Å². The zero-order valence-corrected chi connectivity index (χ0v) is 15.3. The molecule has 2 N–H and O–H groups in total. The molecule has 0 bridgehead atoms. The number of halogens is 1. The Morgan fingerprint density at radius 3 is 2.52 bits per heavy atom. The normalized spacial score (nSPS) is 10.8. The molecule has 146 valence electrons. The lowest BCUT2D eigenvalue weighted by atomic mass is 10.0. The third kappa shape index (κ3) is 4.19. The largest absolute Gasteiger partial charge is 0.484 e. The van der Waals surface area contributed by atoms with Crippen LogP contribution in [0.5, 0.6) is 5.75 Å². The Morgan fingerprint density at radius 1 is 0.931 bits per heavy atom. The van der Waals surface area contributed by atoms with E-state index in [1.807, 2.05) is 36.4 Å². The van der Waals surface area contributed by atoms with Crippen molar-refractivity contribution in [3.63, 3.8) is 0 Å². The molecule has 7 heteroatoms.